The summed E-state index contributed by atoms with van der Waals surface area (Å²) in [7, 11) is 0. The van der Waals surface area contributed by atoms with Gasteiger partial charge in [0.1, 0.15) is 11.4 Å². The van der Waals surface area contributed by atoms with E-state index in [2.05, 4.69) is 20.3 Å². The van der Waals surface area contributed by atoms with Crippen LogP contribution in [0.4, 0.5) is 22.0 Å². The molecule has 1 atom stereocenters. The van der Waals surface area contributed by atoms with Gasteiger partial charge in [0.2, 0.25) is 5.88 Å². The average Bonchev–Trinajstić information content (AvgIpc) is 2.90. The van der Waals surface area contributed by atoms with Crippen molar-refractivity contribution in [2.75, 3.05) is 6.61 Å². The van der Waals surface area contributed by atoms with Gasteiger partial charge in [0, 0.05) is 24.0 Å². The molecule has 0 saturated heterocycles. The number of carbonyl (C=O) groups excluding carboxylic acids is 1. The molecule has 13 heteroatoms. The van der Waals surface area contributed by atoms with E-state index in [0.29, 0.717) is 6.20 Å². The lowest BCUT2D eigenvalue weighted by atomic mass is 10.0. The molecule has 4 aromatic rings. The number of carbonyl (C=O) groups is 1. The Morgan fingerprint density at radius 3 is 2.46 bits per heavy atom. The van der Waals surface area contributed by atoms with Crippen LogP contribution in [0.15, 0.2) is 41.5 Å². The summed E-state index contributed by atoms with van der Waals surface area (Å²) < 4.78 is 74.9. The highest BCUT2D eigenvalue weighted by Gasteiger charge is 2.35. The number of nitrogens with one attached hydrogen (secondary N) is 2. The molecule has 0 aliphatic heterocycles. The lowest BCUT2D eigenvalue weighted by molar-refractivity contribution is -0.138. The highest BCUT2D eigenvalue weighted by Crippen LogP contribution is 2.41. The van der Waals surface area contributed by atoms with Crippen molar-refractivity contribution in [2.45, 2.75) is 39.9 Å². The maximum absolute atomic E-state index is 14.2. The van der Waals surface area contributed by atoms with Crippen molar-refractivity contribution in [3.05, 3.63) is 80.9 Å². The van der Waals surface area contributed by atoms with Gasteiger partial charge in [-0.15, -0.1) is 0 Å². The number of alkyl halides is 3. The molecule has 0 radical (unpaired) electrons. The van der Waals surface area contributed by atoms with Gasteiger partial charge in [0.25, 0.3) is 5.91 Å². The minimum atomic E-state index is -4.81. The van der Waals surface area contributed by atoms with E-state index in [4.69, 9.17) is 4.74 Å². The molecule has 41 heavy (non-hydrogen) atoms. The van der Waals surface area contributed by atoms with Crippen LogP contribution >= 0.6 is 0 Å². The van der Waals surface area contributed by atoms with Crippen LogP contribution in [0.25, 0.3) is 22.2 Å². The van der Waals surface area contributed by atoms with Crippen molar-refractivity contribution in [3.63, 3.8) is 0 Å². The Labute approximate surface area is 230 Å². The largest absolute Gasteiger partial charge is 0.438 e. The Balaban J connectivity index is 1.91. The van der Waals surface area contributed by atoms with Crippen LogP contribution < -0.4 is 15.5 Å². The number of aliphatic hydroxyl groups is 1. The highest BCUT2D eigenvalue weighted by molar-refractivity contribution is 6.04. The molecule has 0 saturated carbocycles. The second-order valence-corrected chi connectivity index (χ2v) is 9.70. The lowest BCUT2D eigenvalue weighted by Crippen LogP contribution is -2.41. The van der Waals surface area contributed by atoms with Gasteiger partial charge in [-0.05, 0) is 43.5 Å². The van der Waals surface area contributed by atoms with Crippen molar-refractivity contribution in [3.8, 4) is 22.9 Å². The zero-order valence-electron chi connectivity index (χ0n) is 22.3. The molecular formula is C28H25F5N4O4. The fourth-order valence-corrected chi connectivity index (χ4v) is 4.28. The Morgan fingerprint density at radius 2 is 1.83 bits per heavy atom. The number of aromatic nitrogens is 3. The normalized spacial score (nSPS) is 12.6. The summed E-state index contributed by atoms with van der Waals surface area (Å²) in [6.45, 7) is 5.59. The molecule has 1 unspecified atom stereocenters. The number of ether oxygens (including phenoxy) is 1. The molecule has 216 valence electrons. The standard InChI is InChI=1S/C28H25F5N4O4/c1-12(2)19(11-38)37-26(40)25-23-17(7-8-34-25)36-18(9-20(23)39)22-13(3)15(28(31,32)33)10-35-27(22)41-21-6-5-16(29)24(30)14(21)4/h5-10,12,19,38H,11H2,1-4H3,(H,36,39)(H,37,40). The van der Waals surface area contributed by atoms with E-state index in [9.17, 15) is 36.6 Å². The second kappa shape index (κ2) is 11.2. The number of aromatic amines is 1. The Bertz CT molecular complexity index is 1700. The maximum Gasteiger partial charge on any atom is 0.418 e. The van der Waals surface area contributed by atoms with Crippen LogP contribution in [0.3, 0.4) is 0 Å². The first-order valence-electron chi connectivity index (χ1n) is 12.4. The van der Waals surface area contributed by atoms with Gasteiger partial charge in [-0.3, -0.25) is 14.6 Å². The molecule has 4 rings (SSSR count). The molecule has 1 aromatic carbocycles. The average molecular weight is 577 g/mol. The number of rotatable bonds is 7. The zero-order valence-corrected chi connectivity index (χ0v) is 22.3. The lowest BCUT2D eigenvalue weighted by Gasteiger charge is -2.20. The number of H-pyrrole nitrogens is 1. The molecule has 0 aliphatic rings. The number of hydrogen-bond acceptors (Lipinski definition) is 6. The van der Waals surface area contributed by atoms with Crippen LogP contribution in [0, 0.1) is 31.4 Å². The first-order chi connectivity index (χ1) is 19.2. The van der Waals surface area contributed by atoms with Crippen molar-refractivity contribution in [1.82, 2.24) is 20.3 Å². The zero-order chi connectivity index (χ0) is 30.2. The van der Waals surface area contributed by atoms with Crippen LogP contribution in [0.5, 0.6) is 11.6 Å². The molecule has 3 heterocycles. The number of pyridine rings is 3. The van der Waals surface area contributed by atoms with Gasteiger partial charge in [-0.2, -0.15) is 13.2 Å². The second-order valence-electron chi connectivity index (χ2n) is 9.70. The molecular weight excluding hydrogens is 551 g/mol. The van der Waals surface area contributed by atoms with E-state index in [1.54, 1.807) is 13.8 Å². The Kier molecular flexibility index (Phi) is 8.11. The van der Waals surface area contributed by atoms with Crippen LogP contribution in [0.1, 0.15) is 41.0 Å². The Morgan fingerprint density at radius 1 is 1.12 bits per heavy atom. The predicted molar refractivity (Wildman–Crippen MR) is 140 cm³/mol. The van der Waals surface area contributed by atoms with E-state index < -0.39 is 46.6 Å². The van der Waals surface area contributed by atoms with Crippen molar-refractivity contribution in [1.29, 1.82) is 0 Å². The van der Waals surface area contributed by atoms with Gasteiger partial charge < -0.3 is 20.1 Å². The van der Waals surface area contributed by atoms with E-state index >= 15 is 0 Å². The predicted octanol–water partition coefficient (Wildman–Crippen LogP) is 5.44. The van der Waals surface area contributed by atoms with Gasteiger partial charge in [-0.1, -0.05) is 13.8 Å². The van der Waals surface area contributed by atoms with Gasteiger partial charge in [-0.25, -0.2) is 13.8 Å². The van der Waals surface area contributed by atoms with Crippen molar-refractivity contribution < 1.29 is 36.6 Å². The number of nitrogens with zero attached hydrogens (tertiary/aromatic N) is 2. The van der Waals surface area contributed by atoms with Crippen molar-refractivity contribution >= 4 is 16.8 Å². The number of aliphatic hydroxyl groups excluding tert-OH is 1. The molecule has 0 bridgehead atoms. The fraction of sp³-hybridized carbons (Fsp3) is 0.286. The summed E-state index contributed by atoms with van der Waals surface area (Å²) in [4.78, 5) is 36.9. The first-order valence-corrected chi connectivity index (χ1v) is 12.4. The number of benzene rings is 1. The maximum atomic E-state index is 14.2. The smallest absolute Gasteiger partial charge is 0.418 e. The molecule has 3 N–H and O–H groups in total. The summed E-state index contributed by atoms with van der Waals surface area (Å²) in [6, 6.07) is 3.62. The van der Waals surface area contributed by atoms with Crippen molar-refractivity contribution in [2.24, 2.45) is 5.92 Å². The molecule has 1 amide bonds. The quantitative estimate of drug-likeness (QED) is 0.253. The summed E-state index contributed by atoms with van der Waals surface area (Å²) in [5, 5.41) is 12.0. The first kappa shape index (κ1) is 29.6. The van der Waals surface area contributed by atoms with Gasteiger partial charge in [0.15, 0.2) is 17.1 Å². The summed E-state index contributed by atoms with van der Waals surface area (Å²) in [5.41, 5.74) is -3.02. The van der Waals surface area contributed by atoms with Gasteiger partial charge >= 0.3 is 6.18 Å². The van der Waals surface area contributed by atoms with Gasteiger partial charge in [0.05, 0.1) is 40.4 Å². The van der Waals surface area contributed by atoms with Crippen LogP contribution in [-0.4, -0.2) is 38.6 Å². The van der Waals surface area contributed by atoms with E-state index in [0.717, 1.165) is 25.1 Å². The Hall–Kier alpha value is -4.39. The summed E-state index contributed by atoms with van der Waals surface area (Å²) in [5.74, 6) is -3.81. The van der Waals surface area contributed by atoms with E-state index in [-0.39, 0.29) is 57.3 Å². The fourth-order valence-electron chi connectivity index (χ4n) is 4.28. The summed E-state index contributed by atoms with van der Waals surface area (Å²) >= 11 is 0. The third-order valence-electron chi connectivity index (χ3n) is 6.65. The molecule has 0 fully saturated rings. The number of amides is 1. The number of fused-ring (bicyclic) bond motifs is 1. The molecule has 3 aromatic heterocycles. The summed E-state index contributed by atoms with van der Waals surface area (Å²) in [6.07, 6.45) is -3.03. The number of hydrogen-bond donors (Lipinski definition) is 3. The van der Waals surface area contributed by atoms with Crippen LogP contribution in [-0.2, 0) is 6.18 Å². The minimum Gasteiger partial charge on any atom is -0.438 e. The van der Waals surface area contributed by atoms with E-state index in [1.165, 1.54) is 19.2 Å². The molecule has 8 nitrogen and oxygen atoms in total. The molecule has 0 spiro atoms. The third kappa shape index (κ3) is 5.75. The minimum absolute atomic E-state index is 0.0736. The SMILES string of the molecule is Cc1c(Oc2ncc(C(F)(F)F)c(C)c2-c2cc(=O)c3c(C(=O)NC(CO)C(C)C)nccc3[nH]2)ccc(F)c1F. The topological polar surface area (TPSA) is 117 Å². The number of halogens is 5. The van der Waals surface area contributed by atoms with E-state index in [1.807, 2.05) is 0 Å². The van der Waals surface area contributed by atoms with Crippen LogP contribution in [0.2, 0.25) is 0 Å². The molecule has 0 aliphatic carbocycles. The highest BCUT2D eigenvalue weighted by atomic mass is 19.4. The monoisotopic (exact) mass is 576 g/mol. The third-order valence-corrected chi connectivity index (χ3v) is 6.65.